The van der Waals surface area contributed by atoms with Gasteiger partial charge in [0.05, 0.1) is 10.7 Å². The van der Waals surface area contributed by atoms with Crippen LogP contribution >= 0.6 is 11.6 Å². The summed E-state index contributed by atoms with van der Waals surface area (Å²) in [5.41, 5.74) is 1.05. The van der Waals surface area contributed by atoms with Crippen molar-refractivity contribution in [1.82, 2.24) is 10.2 Å². The van der Waals surface area contributed by atoms with Crippen molar-refractivity contribution in [3.8, 4) is 0 Å². The number of nitrogens with one attached hydrogen (secondary N) is 1. The van der Waals surface area contributed by atoms with Crippen LogP contribution < -0.4 is 10.2 Å². The highest BCUT2D eigenvalue weighted by Crippen LogP contribution is 2.26. The number of hydrogen-bond acceptors (Lipinski definition) is 3. The van der Waals surface area contributed by atoms with Crippen molar-refractivity contribution in [3.63, 3.8) is 0 Å². The molecule has 0 atom stereocenters. The SMILES string of the molecule is CC(=O)NCCCCCC(=O)N1CCN(c2ccccc2Cl)CC1. The summed E-state index contributed by atoms with van der Waals surface area (Å²) in [7, 11) is 0. The monoisotopic (exact) mass is 351 g/mol. The summed E-state index contributed by atoms with van der Waals surface area (Å²) in [5, 5.41) is 3.53. The van der Waals surface area contributed by atoms with E-state index >= 15 is 0 Å². The predicted octanol–water partition coefficient (Wildman–Crippen LogP) is 2.69. The summed E-state index contributed by atoms with van der Waals surface area (Å²) >= 11 is 6.24. The molecular formula is C18H26ClN3O2. The van der Waals surface area contributed by atoms with Crippen LogP contribution in [-0.4, -0.2) is 49.4 Å². The molecule has 1 aromatic carbocycles. The number of amides is 2. The molecule has 0 spiro atoms. The molecule has 2 rings (SSSR count). The van der Waals surface area contributed by atoms with Crippen LogP contribution in [0.2, 0.25) is 5.02 Å². The molecule has 6 heteroatoms. The number of halogens is 1. The van der Waals surface area contributed by atoms with Gasteiger partial charge in [0, 0.05) is 46.1 Å². The summed E-state index contributed by atoms with van der Waals surface area (Å²) in [6.45, 7) is 5.34. The van der Waals surface area contributed by atoms with E-state index in [1.165, 1.54) is 6.92 Å². The van der Waals surface area contributed by atoms with Gasteiger partial charge in [-0.25, -0.2) is 0 Å². The van der Waals surface area contributed by atoms with Crippen LogP contribution in [0.1, 0.15) is 32.6 Å². The zero-order chi connectivity index (χ0) is 17.4. The number of hydrogen-bond donors (Lipinski definition) is 1. The first-order valence-corrected chi connectivity index (χ1v) is 8.97. The second kappa shape index (κ2) is 9.52. The van der Waals surface area contributed by atoms with Gasteiger partial charge < -0.3 is 15.1 Å². The van der Waals surface area contributed by atoms with Gasteiger partial charge in [-0.3, -0.25) is 9.59 Å². The van der Waals surface area contributed by atoms with Gasteiger partial charge in [-0.2, -0.15) is 0 Å². The Labute approximate surface area is 149 Å². The standard InChI is InChI=1S/C18H26ClN3O2/c1-15(23)20-10-6-2-3-9-18(24)22-13-11-21(12-14-22)17-8-5-4-7-16(17)19/h4-5,7-8H,2-3,6,9-14H2,1H3,(H,20,23). The minimum Gasteiger partial charge on any atom is -0.367 e. The zero-order valence-electron chi connectivity index (χ0n) is 14.3. The molecule has 0 saturated carbocycles. The number of rotatable bonds is 7. The van der Waals surface area contributed by atoms with E-state index in [1.54, 1.807) is 0 Å². The third-order valence-corrected chi connectivity index (χ3v) is 4.59. The van der Waals surface area contributed by atoms with Crippen LogP contribution in [0.15, 0.2) is 24.3 Å². The summed E-state index contributed by atoms with van der Waals surface area (Å²) in [4.78, 5) is 27.2. The molecule has 0 radical (unpaired) electrons. The van der Waals surface area contributed by atoms with E-state index in [0.717, 1.165) is 56.2 Å². The van der Waals surface area contributed by atoms with Gasteiger partial charge in [0.2, 0.25) is 11.8 Å². The molecule has 0 aliphatic carbocycles. The van der Waals surface area contributed by atoms with Crippen molar-refractivity contribution in [3.05, 3.63) is 29.3 Å². The van der Waals surface area contributed by atoms with Crippen molar-refractivity contribution in [2.75, 3.05) is 37.6 Å². The highest BCUT2D eigenvalue weighted by Gasteiger charge is 2.21. The lowest BCUT2D eigenvalue weighted by atomic mass is 10.1. The number of nitrogens with zero attached hydrogens (tertiary/aromatic N) is 2. The maximum absolute atomic E-state index is 12.3. The van der Waals surface area contributed by atoms with Crippen LogP contribution in [-0.2, 0) is 9.59 Å². The summed E-state index contributed by atoms with van der Waals surface area (Å²) in [6.07, 6.45) is 3.36. The first-order valence-electron chi connectivity index (χ1n) is 8.59. The Hall–Kier alpha value is -1.75. The fourth-order valence-electron chi connectivity index (χ4n) is 2.91. The molecule has 0 bridgehead atoms. The largest absolute Gasteiger partial charge is 0.367 e. The Balaban J connectivity index is 1.66. The zero-order valence-corrected chi connectivity index (χ0v) is 15.0. The molecule has 24 heavy (non-hydrogen) atoms. The van der Waals surface area contributed by atoms with E-state index in [0.29, 0.717) is 13.0 Å². The first kappa shape index (κ1) is 18.6. The normalized spacial score (nSPS) is 14.6. The molecule has 1 heterocycles. The number of carbonyl (C=O) groups is 2. The molecule has 5 nitrogen and oxygen atoms in total. The highest BCUT2D eigenvalue weighted by molar-refractivity contribution is 6.33. The van der Waals surface area contributed by atoms with Crippen LogP contribution in [0.3, 0.4) is 0 Å². The third-order valence-electron chi connectivity index (χ3n) is 4.27. The van der Waals surface area contributed by atoms with Gasteiger partial charge in [0.15, 0.2) is 0 Å². The Morgan fingerprint density at radius 2 is 1.79 bits per heavy atom. The molecule has 2 amide bonds. The summed E-state index contributed by atoms with van der Waals surface area (Å²) < 4.78 is 0. The molecule has 0 aromatic heterocycles. The van der Waals surface area contributed by atoms with Gasteiger partial charge in [0.1, 0.15) is 0 Å². The van der Waals surface area contributed by atoms with Gasteiger partial charge in [-0.05, 0) is 25.0 Å². The van der Waals surface area contributed by atoms with Crippen LogP contribution in [0.4, 0.5) is 5.69 Å². The Morgan fingerprint density at radius 3 is 2.46 bits per heavy atom. The fraction of sp³-hybridized carbons (Fsp3) is 0.556. The van der Waals surface area contributed by atoms with Gasteiger partial charge in [0.25, 0.3) is 0 Å². The van der Waals surface area contributed by atoms with Gasteiger partial charge >= 0.3 is 0 Å². The first-order chi connectivity index (χ1) is 11.6. The van der Waals surface area contributed by atoms with Crippen molar-refractivity contribution in [1.29, 1.82) is 0 Å². The van der Waals surface area contributed by atoms with E-state index in [4.69, 9.17) is 11.6 Å². The van der Waals surface area contributed by atoms with Crippen molar-refractivity contribution >= 4 is 29.1 Å². The molecule has 1 aromatic rings. The van der Waals surface area contributed by atoms with Crippen molar-refractivity contribution < 1.29 is 9.59 Å². The smallest absolute Gasteiger partial charge is 0.222 e. The Bertz CT molecular complexity index is 557. The van der Waals surface area contributed by atoms with E-state index < -0.39 is 0 Å². The average Bonchev–Trinajstić information content (AvgIpc) is 2.58. The lowest BCUT2D eigenvalue weighted by Gasteiger charge is -2.36. The Morgan fingerprint density at radius 1 is 1.08 bits per heavy atom. The highest BCUT2D eigenvalue weighted by atomic mass is 35.5. The number of anilines is 1. The molecule has 1 aliphatic heterocycles. The minimum atomic E-state index is 0.00228. The molecule has 1 aliphatic rings. The quantitative estimate of drug-likeness (QED) is 0.768. The fourth-order valence-corrected chi connectivity index (χ4v) is 3.16. The molecular weight excluding hydrogens is 326 g/mol. The van der Waals surface area contributed by atoms with Crippen LogP contribution in [0.25, 0.3) is 0 Å². The van der Waals surface area contributed by atoms with E-state index in [9.17, 15) is 9.59 Å². The van der Waals surface area contributed by atoms with Crippen molar-refractivity contribution in [2.24, 2.45) is 0 Å². The van der Waals surface area contributed by atoms with Gasteiger partial charge in [-0.15, -0.1) is 0 Å². The third kappa shape index (κ3) is 5.71. The Kier molecular flexibility index (Phi) is 7.37. The summed E-state index contributed by atoms with van der Waals surface area (Å²) in [5.74, 6) is 0.232. The van der Waals surface area contributed by atoms with Crippen molar-refractivity contribution in [2.45, 2.75) is 32.6 Å². The molecule has 0 unspecified atom stereocenters. The topological polar surface area (TPSA) is 52.7 Å². The predicted molar refractivity (Wildman–Crippen MR) is 97.4 cm³/mol. The van der Waals surface area contributed by atoms with Crippen LogP contribution in [0, 0.1) is 0 Å². The second-order valence-electron chi connectivity index (χ2n) is 6.11. The van der Waals surface area contributed by atoms with E-state index in [1.807, 2.05) is 29.2 Å². The average molecular weight is 352 g/mol. The second-order valence-corrected chi connectivity index (χ2v) is 6.52. The molecule has 1 N–H and O–H groups in total. The van der Waals surface area contributed by atoms with E-state index in [2.05, 4.69) is 10.2 Å². The number of benzene rings is 1. The minimum absolute atomic E-state index is 0.00228. The number of piperazine rings is 1. The van der Waals surface area contributed by atoms with Gasteiger partial charge in [-0.1, -0.05) is 30.2 Å². The molecule has 132 valence electrons. The lowest BCUT2D eigenvalue weighted by Crippen LogP contribution is -2.48. The molecule has 1 fully saturated rings. The van der Waals surface area contributed by atoms with Crippen LogP contribution in [0.5, 0.6) is 0 Å². The maximum Gasteiger partial charge on any atom is 0.222 e. The summed E-state index contributed by atoms with van der Waals surface area (Å²) in [6, 6.07) is 7.83. The number of para-hydroxylation sites is 1. The number of carbonyl (C=O) groups excluding carboxylic acids is 2. The lowest BCUT2D eigenvalue weighted by molar-refractivity contribution is -0.131. The number of unbranched alkanes of at least 4 members (excludes halogenated alkanes) is 2. The molecule has 1 saturated heterocycles. The maximum atomic E-state index is 12.3. The van der Waals surface area contributed by atoms with E-state index in [-0.39, 0.29) is 11.8 Å².